The Labute approximate surface area is 158 Å². The van der Waals surface area contributed by atoms with Crippen molar-refractivity contribution in [2.45, 2.75) is 37.8 Å². The number of aliphatic hydroxyl groups is 1. The number of nitrogens with zero attached hydrogens (tertiary/aromatic N) is 5. The van der Waals surface area contributed by atoms with Gasteiger partial charge in [-0.3, -0.25) is 0 Å². The van der Waals surface area contributed by atoms with E-state index in [1.54, 1.807) is 6.20 Å². The third-order valence-corrected chi connectivity index (χ3v) is 4.87. The lowest BCUT2D eigenvalue weighted by Gasteiger charge is -2.26. The van der Waals surface area contributed by atoms with Crippen LogP contribution in [0.5, 0.6) is 0 Å². The summed E-state index contributed by atoms with van der Waals surface area (Å²) in [5.74, 6) is 2.34. The Morgan fingerprint density at radius 1 is 1.11 bits per heavy atom. The first-order valence-electron chi connectivity index (χ1n) is 9.29. The third kappa shape index (κ3) is 3.95. The van der Waals surface area contributed by atoms with Gasteiger partial charge in [0.15, 0.2) is 5.65 Å². The number of aliphatic hydroxyl groups excluding tert-OH is 1. The average Bonchev–Trinajstić information content (AvgIpc) is 3.07. The Balaban J connectivity index is 1.51. The van der Waals surface area contributed by atoms with E-state index in [2.05, 4.69) is 25.7 Å². The van der Waals surface area contributed by atoms with Gasteiger partial charge in [-0.2, -0.15) is 9.50 Å². The maximum Gasteiger partial charge on any atom is 0.247 e. The third-order valence-electron chi connectivity index (χ3n) is 4.87. The maximum atomic E-state index is 9.68. The highest BCUT2D eigenvalue weighted by molar-refractivity contribution is 5.58. The van der Waals surface area contributed by atoms with Crippen LogP contribution in [-0.4, -0.2) is 50.9 Å². The molecule has 1 aliphatic rings. The standard InChI is InChI=1S/C19H25N7O/c1-25(2)16-11-8-14(12-20-16)22-19-23-18-5-3-4-17(26(18)24-19)21-13-6-9-15(27)10-7-13/h3-5,8,11-13,15,21,27H,6-7,9-10H2,1-2H3,(H,22,24). The van der Waals surface area contributed by atoms with E-state index < -0.39 is 0 Å². The van der Waals surface area contributed by atoms with Gasteiger partial charge < -0.3 is 20.6 Å². The number of rotatable bonds is 5. The number of anilines is 4. The molecule has 0 amide bonds. The lowest BCUT2D eigenvalue weighted by atomic mass is 9.93. The summed E-state index contributed by atoms with van der Waals surface area (Å²) >= 11 is 0. The summed E-state index contributed by atoms with van der Waals surface area (Å²) < 4.78 is 1.81. The molecule has 8 nitrogen and oxygen atoms in total. The van der Waals surface area contributed by atoms with Crippen molar-refractivity contribution in [1.82, 2.24) is 19.6 Å². The van der Waals surface area contributed by atoms with Crippen molar-refractivity contribution < 1.29 is 5.11 Å². The molecule has 0 aromatic carbocycles. The monoisotopic (exact) mass is 367 g/mol. The Kier molecular flexibility index (Phi) is 4.81. The SMILES string of the molecule is CN(C)c1ccc(Nc2nc3cccc(NC4CCC(O)CC4)n3n2)cn1. The van der Waals surface area contributed by atoms with Crippen LogP contribution in [0, 0.1) is 0 Å². The lowest BCUT2D eigenvalue weighted by Crippen LogP contribution is -2.29. The topological polar surface area (TPSA) is 90.6 Å². The molecule has 1 aliphatic carbocycles. The molecule has 0 spiro atoms. The van der Waals surface area contributed by atoms with Crippen LogP contribution >= 0.6 is 0 Å². The molecule has 0 unspecified atom stereocenters. The summed E-state index contributed by atoms with van der Waals surface area (Å²) in [6.45, 7) is 0. The van der Waals surface area contributed by atoms with Gasteiger partial charge in [-0.15, -0.1) is 5.10 Å². The molecule has 0 bridgehead atoms. The van der Waals surface area contributed by atoms with Crippen molar-refractivity contribution >= 4 is 28.9 Å². The highest BCUT2D eigenvalue weighted by Gasteiger charge is 2.20. The van der Waals surface area contributed by atoms with E-state index >= 15 is 0 Å². The molecule has 0 saturated heterocycles. The summed E-state index contributed by atoms with van der Waals surface area (Å²) in [6.07, 6.45) is 5.21. The van der Waals surface area contributed by atoms with E-state index in [0.29, 0.717) is 12.0 Å². The van der Waals surface area contributed by atoms with E-state index in [0.717, 1.165) is 48.7 Å². The van der Waals surface area contributed by atoms with Crippen molar-refractivity contribution in [2.24, 2.45) is 0 Å². The average molecular weight is 367 g/mol. The number of nitrogens with one attached hydrogen (secondary N) is 2. The fraction of sp³-hybridized carbons (Fsp3) is 0.421. The van der Waals surface area contributed by atoms with E-state index in [1.807, 2.05) is 53.8 Å². The van der Waals surface area contributed by atoms with E-state index in [1.165, 1.54) is 0 Å². The van der Waals surface area contributed by atoms with Crippen LogP contribution in [0.2, 0.25) is 0 Å². The highest BCUT2D eigenvalue weighted by atomic mass is 16.3. The predicted molar refractivity (Wildman–Crippen MR) is 107 cm³/mol. The van der Waals surface area contributed by atoms with Gasteiger partial charge in [-0.05, 0) is 49.9 Å². The van der Waals surface area contributed by atoms with Crippen LogP contribution < -0.4 is 15.5 Å². The zero-order chi connectivity index (χ0) is 18.8. The molecule has 0 radical (unpaired) electrons. The van der Waals surface area contributed by atoms with Crippen molar-refractivity contribution in [3.63, 3.8) is 0 Å². The molecule has 3 heterocycles. The van der Waals surface area contributed by atoms with Gasteiger partial charge in [0.25, 0.3) is 0 Å². The highest BCUT2D eigenvalue weighted by Crippen LogP contribution is 2.23. The lowest BCUT2D eigenvalue weighted by molar-refractivity contribution is 0.126. The molecular formula is C19H25N7O. The van der Waals surface area contributed by atoms with Crippen molar-refractivity contribution in [1.29, 1.82) is 0 Å². The quantitative estimate of drug-likeness (QED) is 0.639. The minimum absolute atomic E-state index is 0.159. The minimum Gasteiger partial charge on any atom is -0.393 e. The zero-order valence-corrected chi connectivity index (χ0v) is 15.6. The molecule has 3 aromatic rings. The van der Waals surface area contributed by atoms with Crippen LogP contribution in [0.4, 0.5) is 23.3 Å². The first kappa shape index (κ1) is 17.5. The van der Waals surface area contributed by atoms with Gasteiger partial charge >= 0.3 is 0 Å². The fourth-order valence-electron chi connectivity index (χ4n) is 3.35. The normalized spacial score (nSPS) is 19.8. The summed E-state index contributed by atoms with van der Waals surface area (Å²) in [5, 5.41) is 21.0. The molecule has 8 heteroatoms. The number of pyridine rings is 2. The molecule has 27 heavy (non-hydrogen) atoms. The molecule has 1 fully saturated rings. The Bertz CT molecular complexity index is 898. The van der Waals surface area contributed by atoms with Gasteiger partial charge in [0.1, 0.15) is 11.6 Å². The largest absolute Gasteiger partial charge is 0.393 e. The Hall–Kier alpha value is -2.87. The Morgan fingerprint density at radius 2 is 1.93 bits per heavy atom. The van der Waals surface area contributed by atoms with Crippen LogP contribution in [0.25, 0.3) is 5.65 Å². The van der Waals surface area contributed by atoms with Gasteiger partial charge in [-0.1, -0.05) is 6.07 Å². The van der Waals surface area contributed by atoms with E-state index in [4.69, 9.17) is 0 Å². The second kappa shape index (κ2) is 7.40. The van der Waals surface area contributed by atoms with Crippen LogP contribution in [0.3, 0.4) is 0 Å². The number of aromatic nitrogens is 4. The maximum absolute atomic E-state index is 9.68. The summed E-state index contributed by atoms with van der Waals surface area (Å²) in [5.41, 5.74) is 1.61. The molecule has 142 valence electrons. The Morgan fingerprint density at radius 3 is 2.63 bits per heavy atom. The van der Waals surface area contributed by atoms with Gasteiger partial charge in [0.05, 0.1) is 18.0 Å². The summed E-state index contributed by atoms with van der Waals surface area (Å²) in [6, 6.07) is 10.2. The van der Waals surface area contributed by atoms with Crippen LogP contribution in [-0.2, 0) is 0 Å². The van der Waals surface area contributed by atoms with Gasteiger partial charge in [-0.25, -0.2) is 4.98 Å². The van der Waals surface area contributed by atoms with Crippen LogP contribution in [0.15, 0.2) is 36.5 Å². The first-order chi connectivity index (χ1) is 13.1. The van der Waals surface area contributed by atoms with Crippen molar-refractivity contribution in [3.05, 3.63) is 36.5 Å². The zero-order valence-electron chi connectivity index (χ0n) is 15.6. The second-order valence-electron chi connectivity index (χ2n) is 7.19. The predicted octanol–water partition coefficient (Wildman–Crippen LogP) is 2.65. The van der Waals surface area contributed by atoms with Gasteiger partial charge in [0, 0.05) is 20.1 Å². The summed E-state index contributed by atoms with van der Waals surface area (Å²) in [4.78, 5) is 10.9. The molecule has 3 N–H and O–H groups in total. The molecule has 0 atom stereocenters. The fourth-order valence-corrected chi connectivity index (χ4v) is 3.35. The number of fused-ring (bicyclic) bond motifs is 1. The summed E-state index contributed by atoms with van der Waals surface area (Å²) in [7, 11) is 3.92. The van der Waals surface area contributed by atoms with Gasteiger partial charge in [0.2, 0.25) is 5.95 Å². The molecule has 4 rings (SSSR count). The number of hydrogen-bond donors (Lipinski definition) is 3. The van der Waals surface area contributed by atoms with E-state index in [9.17, 15) is 5.11 Å². The molecular weight excluding hydrogens is 342 g/mol. The van der Waals surface area contributed by atoms with E-state index in [-0.39, 0.29) is 6.10 Å². The second-order valence-corrected chi connectivity index (χ2v) is 7.19. The molecule has 1 saturated carbocycles. The van der Waals surface area contributed by atoms with Crippen LogP contribution in [0.1, 0.15) is 25.7 Å². The number of hydrogen-bond acceptors (Lipinski definition) is 7. The van der Waals surface area contributed by atoms with Crippen molar-refractivity contribution in [2.75, 3.05) is 29.6 Å². The molecule has 3 aromatic heterocycles. The van der Waals surface area contributed by atoms with Crippen molar-refractivity contribution in [3.8, 4) is 0 Å². The smallest absolute Gasteiger partial charge is 0.247 e. The minimum atomic E-state index is -0.159. The molecule has 0 aliphatic heterocycles. The first-order valence-corrected chi connectivity index (χ1v) is 9.29.